The van der Waals surface area contributed by atoms with Crippen LogP contribution in [0.1, 0.15) is 0 Å². The summed E-state index contributed by atoms with van der Waals surface area (Å²) in [6.07, 6.45) is -1.03. The van der Waals surface area contributed by atoms with Gasteiger partial charge in [0.15, 0.2) is 0 Å². The maximum Gasteiger partial charge on any atom is 0.271 e. The maximum absolute atomic E-state index is 13.3. The van der Waals surface area contributed by atoms with Crippen molar-refractivity contribution in [1.29, 1.82) is 0 Å². The standard InChI is InChI=1S/C18H23N3O6S/c1-19(2)12-15(22)13-20(28(25,26)16-7-5-4-6-8-16)17-11-14(21(23)24)9-10-18(17)27-3/h4-11,15,22H,12-13H2,1-3H3/t15-/m0/s1. The molecule has 1 atom stereocenters. The first-order valence-corrected chi connectivity index (χ1v) is 9.84. The van der Waals surface area contributed by atoms with Crippen molar-refractivity contribution < 1.29 is 23.2 Å². The first-order chi connectivity index (χ1) is 13.2. The SMILES string of the molecule is COc1ccc([N+](=O)[O-])cc1N(C[C@@H](O)CN(C)C)S(=O)(=O)c1ccccc1. The van der Waals surface area contributed by atoms with Crippen LogP contribution in [0.25, 0.3) is 0 Å². The van der Waals surface area contributed by atoms with E-state index < -0.39 is 21.1 Å². The van der Waals surface area contributed by atoms with Gasteiger partial charge in [0.05, 0.1) is 29.6 Å². The summed E-state index contributed by atoms with van der Waals surface area (Å²) < 4.78 is 32.7. The Balaban J connectivity index is 2.62. The molecule has 0 aromatic heterocycles. The van der Waals surface area contributed by atoms with Crippen molar-refractivity contribution >= 4 is 21.4 Å². The molecule has 0 heterocycles. The molecule has 1 N–H and O–H groups in total. The number of anilines is 1. The van der Waals surface area contributed by atoms with Crippen LogP contribution in [-0.2, 0) is 10.0 Å². The van der Waals surface area contributed by atoms with Crippen LogP contribution in [-0.4, -0.2) is 63.7 Å². The number of nitrogens with zero attached hydrogens (tertiary/aromatic N) is 3. The molecule has 0 amide bonds. The highest BCUT2D eigenvalue weighted by atomic mass is 32.2. The fraction of sp³-hybridized carbons (Fsp3) is 0.333. The Bertz CT molecular complexity index is 918. The largest absolute Gasteiger partial charge is 0.495 e. The molecule has 0 unspecified atom stereocenters. The highest BCUT2D eigenvalue weighted by molar-refractivity contribution is 7.92. The fourth-order valence-electron chi connectivity index (χ4n) is 2.70. The molecule has 28 heavy (non-hydrogen) atoms. The molecule has 2 rings (SSSR count). The summed E-state index contributed by atoms with van der Waals surface area (Å²) in [5.74, 6) is 0.141. The van der Waals surface area contributed by atoms with E-state index in [1.807, 2.05) is 0 Å². The number of rotatable bonds is 9. The van der Waals surface area contributed by atoms with E-state index in [0.29, 0.717) is 0 Å². The third-order valence-corrected chi connectivity index (χ3v) is 5.72. The summed E-state index contributed by atoms with van der Waals surface area (Å²) in [6.45, 7) is -0.0923. The Hall–Kier alpha value is -2.69. The highest BCUT2D eigenvalue weighted by Gasteiger charge is 2.30. The molecule has 0 saturated carbocycles. The van der Waals surface area contributed by atoms with E-state index in [2.05, 4.69) is 0 Å². The second-order valence-electron chi connectivity index (χ2n) is 6.38. The molecule has 2 aromatic carbocycles. The molecule has 0 radical (unpaired) electrons. The minimum absolute atomic E-state index is 0.000567. The smallest absolute Gasteiger partial charge is 0.271 e. The lowest BCUT2D eigenvalue weighted by molar-refractivity contribution is -0.384. The number of ether oxygens (including phenoxy) is 1. The van der Waals surface area contributed by atoms with Crippen LogP contribution in [0.3, 0.4) is 0 Å². The molecule has 2 aromatic rings. The minimum Gasteiger partial charge on any atom is -0.495 e. The number of hydrogen-bond donors (Lipinski definition) is 1. The highest BCUT2D eigenvalue weighted by Crippen LogP contribution is 2.35. The second-order valence-corrected chi connectivity index (χ2v) is 8.24. The van der Waals surface area contributed by atoms with Gasteiger partial charge in [-0.1, -0.05) is 18.2 Å². The normalized spacial score (nSPS) is 12.6. The molecule has 0 aliphatic rings. The summed E-state index contributed by atoms with van der Waals surface area (Å²) in [5.41, 5.74) is -0.301. The lowest BCUT2D eigenvalue weighted by Gasteiger charge is -2.28. The molecule has 152 valence electrons. The zero-order chi connectivity index (χ0) is 20.9. The van der Waals surface area contributed by atoms with Crippen LogP contribution in [0.2, 0.25) is 0 Å². The van der Waals surface area contributed by atoms with Crippen molar-refractivity contribution in [3.8, 4) is 5.75 Å². The van der Waals surface area contributed by atoms with Crippen molar-refractivity contribution in [2.75, 3.05) is 38.6 Å². The van der Waals surface area contributed by atoms with Crippen LogP contribution in [0, 0.1) is 10.1 Å². The van der Waals surface area contributed by atoms with Gasteiger partial charge >= 0.3 is 0 Å². The van der Waals surface area contributed by atoms with E-state index in [9.17, 15) is 23.6 Å². The minimum atomic E-state index is -4.11. The number of aliphatic hydroxyl groups excluding tert-OH is 1. The lowest BCUT2D eigenvalue weighted by atomic mass is 10.2. The van der Waals surface area contributed by atoms with Crippen LogP contribution in [0.15, 0.2) is 53.4 Å². The van der Waals surface area contributed by atoms with Crippen LogP contribution in [0.5, 0.6) is 5.75 Å². The number of likely N-dealkylation sites (N-methyl/N-ethyl adjacent to an activating group) is 1. The number of nitro groups is 1. The van der Waals surface area contributed by atoms with Gasteiger partial charge < -0.3 is 14.7 Å². The Kier molecular flexibility index (Phi) is 6.95. The Morgan fingerprint density at radius 3 is 2.32 bits per heavy atom. The summed E-state index contributed by atoms with van der Waals surface area (Å²) in [6, 6.07) is 11.4. The predicted molar refractivity (Wildman–Crippen MR) is 105 cm³/mol. The van der Waals surface area contributed by atoms with Crippen molar-refractivity contribution in [2.45, 2.75) is 11.0 Å². The Morgan fingerprint density at radius 2 is 1.79 bits per heavy atom. The molecule has 10 heteroatoms. The summed E-state index contributed by atoms with van der Waals surface area (Å²) in [5, 5.41) is 21.6. The average Bonchev–Trinajstić information content (AvgIpc) is 2.65. The summed E-state index contributed by atoms with van der Waals surface area (Å²) >= 11 is 0. The molecule has 0 spiro atoms. The van der Waals surface area contributed by atoms with Gasteiger partial charge in [0.1, 0.15) is 11.4 Å². The topological polar surface area (TPSA) is 113 Å². The zero-order valence-corrected chi connectivity index (χ0v) is 16.7. The number of nitro benzene ring substituents is 1. The fourth-order valence-corrected chi connectivity index (χ4v) is 4.23. The molecule has 0 aliphatic carbocycles. The summed E-state index contributed by atoms with van der Waals surface area (Å²) in [7, 11) is 0.720. The maximum atomic E-state index is 13.3. The Morgan fingerprint density at radius 1 is 1.14 bits per heavy atom. The van der Waals surface area contributed by atoms with E-state index in [-0.39, 0.29) is 35.1 Å². The zero-order valence-electron chi connectivity index (χ0n) is 15.8. The number of aliphatic hydroxyl groups is 1. The number of benzene rings is 2. The van der Waals surface area contributed by atoms with E-state index in [1.54, 1.807) is 37.2 Å². The molecule has 0 aliphatic heterocycles. The monoisotopic (exact) mass is 409 g/mol. The van der Waals surface area contributed by atoms with Gasteiger partial charge in [-0.2, -0.15) is 0 Å². The molecular formula is C18H23N3O6S. The first kappa shape index (κ1) is 21.6. The number of non-ortho nitro benzene ring substituents is 1. The third kappa shape index (κ3) is 4.97. The van der Waals surface area contributed by atoms with Crippen LogP contribution >= 0.6 is 0 Å². The number of methoxy groups -OCH3 is 1. The lowest BCUT2D eigenvalue weighted by Crippen LogP contribution is -2.41. The first-order valence-electron chi connectivity index (χ1n) is 8.40. The number of sulfonamides is 1. The Labute approximate surface area is 164 Å². The van der Waals surface area contributed by atoms with Gasteiger partial charge in [-0.3, -0.25) is 14.4 Å². The van der Waals surface area contributed by atoms with E-state index in [1.165, 1.54) is 31.4 Å². The van der Waals surface area contributed by atoms with Crippen molar-refractivity contribution in [3.63, 3.8) is 0 Å². The average molecular weight is 409 g/mol. The number of hydrogen-bond acceptors (Lipinski definition) is 7. The molecule has 0 bridgehead atoms. The van der Waals surface area contributed by atoms with Gasteiger partial charge in [0.2, 0.25) is 0 Å². The van der Waals surface area contributed by atoms with E-state index in [4.69, 9.17) is 4.74 Å². The van der Waals surface area contributed by atoms with Crippen molar-refractivity contribution in [3.05, 3.63) is 58.6 Å². The van der Waals surface area contributed by atoms with Gasteiger partial charge in [0, 0.05) is 18.7 Å². The summed E-state index contributed by atoms with van der Waals surface area (Å²) in [4.78, 5) is 12.3. The van der Waals surface area contributed by atoms with Gasteiger partial charge in [-0.05, 0) is 32.3 Å². The third-order valence-electron chi connectivity index (χ3n) is 3.93. The van der Waals surface area contributed by atoms with E-state index in [0.717, 1.165) is 10.4 Å². The van der Waals surface area contributed by atoms with Crippen LogP contribution in [0.4, 0.5) is 11.4 Å². The van der Waals surface area contributed by atoms with Gasteiger partial charge in [-0.15, -0.1) is 0 Å². The molecule has 0 saturated heterocycles. The second kappa shape index (κ2) is 9.00. The molecule has 9 nitrogen and oxygen atoms in total. The van der Waals surface area contributed by atoms with Crippen LogP contribution < -0.4 is 9.04 Å². The predicted octanol–water partition coefficient (Wildman–Crippen LogP) is 1.72. The van der Waals surface area contributed by atoms with Gasteiger partial charge in [-0.25, -0.2) is 8.42 Å². The quantitative estimate of drug-likeness (QED) is 0.495. The van der Waals surface area contributed by atoms with Gasteiger partial charge in [0.25, 0.3) is 15.7 Å². The van der Waals surface area contributed by atoms with Crippen molar-refractivity contribution in [1.82, 2.24) is 4.90 Å². The molecular weight excluding hydrogens is 386 g/mol. The van der Waals surface area contributed by atoms with E-state index >= 15 is 0 Å². The van der Waals surface area contributed by atoms with Crippen molar-refractivity contribution in [2.24, 2.45) is 0 Å². The molecule has 0 fully saturated rings.